The smallest absolute Gasteiger partial charge is 0.0613 e. The molecule has 0 aliphatic rings. The van der Waals surface area contributed by atoms with Crippen molar-refractivity contribution >= 4 is 34.1 Å². The molecule has 0 bridgehead atoms. The Balaban J connectivity index is 2.79. The van der Waals surface area contributed by atoms with Crippen molar-refractivity contribution in [2.45, 2.75) is 33.1 Å². The predicted octanol–water partition coefficient (Wildman–Crippen LogP) is 5.00. The fourth-order valence-electron chi connectivity index (χ4n) is 2.51. The third kappa shape index (κ3) is 2.07. The number of fused-ring (bicyclic) bond motifs is 1. The predicted molar refractivity (Wildman–Crippen MR) is 76.3 cm³/mol. The monoisotopic (exact) mass is 269 g/mol. The number of hydrogen-bond donors (Lipinski definition) is 0. The average molecular weight is 270 g/mol. The molecule has 92 valence electrons. The fraction of sp³-hybridized carbons (Fsp3) is 0.429. The number of benzene rings is 1. The summed E-state index contributed by atoms with van der Waals surface area (Å²) in [6, 6.07) is 3.97. The van der Waals surface area contributed by atoms with Crippen LogP contribution in [0.1, 0.15) is 31.5 Å². The topological polar surface area (TPSA) is 4.93 Å². The normalized spacial score (nSPS) is 11.4. The van der Waals surface area contributed by atoms with Gasteiger partial charge in [0.05, 0.1) is 10.0 Å². The van der Waals surface area contributed by atoms with E-state index in [0.29, 0.717) is 10.0 Å². The molecule has 0 spiro atoms. The van der Waals surface area contributed by atoms with Gasteiger partial charge in [-0.25, -0.2) is 0 Å². The molecule has 0 radical (unpaired) electrons. The van der Waals surface area contributed by atoms with Gasteiger partial charge in [0.2, 0.25) is 0 Å². The Morgan fingerprint density at radius 3 is 2.35 bits per heavy atom. The van der Waals surface area contributed by atoms with E-state index >= 15 is 0 Å². The summed E-state index contributed by atoms with van der Waals surface area (Å²) in [6.45, 7) is 4.40. The van der Waals surface area contributed by atoms with Crippen LogP contribution in [-0.4, -0.2) is 4.57 Å². The van der Waals surface area contributed by atoms with Crippen LogP contribution in [0, 0.1) is 0 Å². The standard InChI is InChI=1S/C14H17Cl2N/c1-4-6-13-9(5-2)10-7-11(15)12(16)8-14(10)17(13)3/h7-8H,4-6H2,1-3H3. The fourth-order valence-corrected chi connectivity index (χ4v) is 2.83. The molecule has 2 rings (SSSR count). The summed E-state index contributed by atoms with van der Waals surface area (Å²) in [5.41, 5.74) is 3.99. The van der Waals surface area contributed by atoms with Gasteiger partial charge >= 0.3 is 0 Å². The van der Waals surface area contributed by atoms with E-state index < -0.39 is 0 Å². The van der Waals surface area contributed by atoms with E-state index in [2.05, 4.69) is 25.5 Å². The Kier molecular flexibility index (Phi) is 3.70. The lowest BCUT2D eigenvalue weighted by atomic mass is 10.1. The Bertz CT molecular complexity index is 555. The largest absolute Gasteiger partial charge is 0.347 e. The van der Waals surface area contributed by atoms with E-state index in [4.69, 9.17) is 23.2 Å². The summed E-state index contributed by atoms with van der Waals surface area (Å²) >= 11 is 12.2. The molecule has 0 aliphatic carbocycles. The molecule has 0 saturated heterocycles. The molecule has 0 saturated carbocycles. The summed E-state index contributed by atoms with van der Waals surface area (Å²) in [5.74, 6) is 0. The van der Waals surface area contributed by atoms with Gasteiger partial charge in [0.15, 0.2) is 0 Å². The second-order valence-electron chi connectivity index (χ2n) is 4.37. The summed E-state index contributed by atoms with van der Waals surface area (Å²) in [7, 11) is 2.11. The minimum absolute atomic E-state index is 0.630. The number of hydrogen-bond acceptors (Lipinski definition) is 0. The minimum Gasteiger partial charge on any atom is -0.347 e. The maximum Gasteiger partial charge on any atom is 0.0613 e. The van der Waals surface area contributed by atoms with Crippen LogP contribution in [0.2, 0.25) is 10.0 Å². The van der Waals surface area contributed by atoms with Crippen molar-refractivity contribution in [1.29, 1.82) is 0 Å². The first-order valence-corrected chi connectivity index (χ1v) is 6.80. The van der Waals surface area contributed by atoms with Gasteiger partial charge in [-0.15, -0.1) is 0 Å². The molecule has 1 nitrogen and oxygen atoms in total. The second-order valence-corrected chi connectivity index (χ2v) is 5.19. The van der Waals surface area contributed by atoms with Crippen LogP contribution in [0.5, 0.6) is 0 Å². The van der Waals surface area contributed by atoms with Gasteiger partial charge in [0.1, 0.15) is 0 Å². The van der Waals surface area contributed by atoms with E-state index in [-0.39, 0.29) is 0 Å². The molecule has 1 aromatic carbocycles. The molecule has 1 heterocycles. The van der Waals surface area contributed by atoms with Crippen LogP contribution in [-0.2, 0) is 19.9 Å². The summed E-state index contributed by atoms with van der Waals surface area (Å²) < 4.78 is 2.25. The lowest BCUT2D eigenvalue weighted by Crippen LogP contribution is -1.98. The van der Waals surface area contributed by atoms with Gasteiger partial charge < -0.3 is 4.57 Å². The van der Waals surface area contributed by atoms with Crippen molar-refractivity contribution in [2.75, 3.05) is 0 Å². The molecule has 0 atom stereocenters. The Hall–Kier alpha value is -0.660. The molecule has 3 heteroatoms. The molecule has 1 aromatic heterocycles. The van der Waals surface area contributed by atoms with E-state index in [9.17, 15) is 0 Å². The van der Waals surface area contributed by atoms with E-state index in [1.165, 1.54) is 22.2 Å². The lowest BCUT2D eigenvalue weighted by Gasteiger charge is -2.04. The van der Waals surface area contributed by atoms with Crippen molar-refractivity contribution in [3.63, 3.8) is 0 Å². The van der Waals surface area contributed by atoms with Crippen molar-refractivity contribution in [2.24, 2.45) is 7.05 Å². The molecule has 0 N–H and O–H groups in total. The van der Waals surface area contributed by atoms with Crippen LogP contribution in [0.4, 0.5) is 0 Å². The van der Waals surface area contributed by atoms with Crippen LogP contribution < -0.4 is 0 Å². The first-order valence-electron chi connectivity index (χ1n) is 6.05. The van der Waals surface area contributed by atoms with E-state index in [1.54, 1.807) is 0 Å². The molecule has 0 fully saturated rings. The molecule has 2 aromatic rings. The number of halogens is 2. The molecule has 0 amide bonds. The minimum atomic E-state index is 0.630. The Morgan fingerprint density at radius 1 is 1.12 bits per heavy atom. The first-order chi connectivity index (χ1) is 8.10. The number of aryl methyl sites for hydroxylation is 2. The molecular weight excluding hydrogens is 253 g/mol. The zero-order chi connectivity index (χ0) is 12.6. The summed E-state index contributed by atoms with van der Waals surface area (Å²) in [5, 5.41) is 2.51. The highest BCUT2D eigenvalue weighted by Crippen LogP contribution is 2.33. The molecule has 17 heavy (non-hydrogen) atoms. The first kappa shape index (κ1) is 12.8. The number of rotatable bonds is 3. The zero-order valence-corrected chi connectivity index (χ0v) is 12.0. The average Bonchev–Trinajstić information content (AvgIpc) is 2.54. The van der Waals surface area contributed by atoms with Gasteiger partial charge in [-0.1, -0.05) is 43.5 Å². The van der Waals surface area contributed by atoms with Crippen LogP contribution in [0.15, 0.2) is 12.1 Å². The van der Waals surface area contributed by atoms with Crippen molar-refractivity contribution in [3.05, 3.63) is 33.4 Å². The maximum absolute atomic E-state index is 6.11. The van der Waals surface area contributed by atoms with Crippen molar-refractivity contribution in [1.82, 2.24) is 4.57 Å². The van der Waals surface area contributed by atoms with Crippen LogP contribution in [0.25, 0.3) is 10.9 Å². The quantitative estimate of drug-likeness (QED) is 0.739. The van der Waals surface area contributed by atoms with Crippen LogP contribution >= 0.6 is 23.2 Å². The van der Waals surface area contributed by atoms with E-state index in [0.717, 1.165) is 19.3 Å². The third-order valence-electron chi connectivity index (χ3n) is 3.32. The Morgan fingerprint density at radius 2 is 1.76 bits per heavy atom. The maximum atomic E-state index is 6.11. The van der Waals surface area contributed by atoms with E-state index in [1.807, 2.05) is 12.1 Å². The summed E-state index contributed by atoms with van der Waals surface area (Å²) in [6.07, 6.45) is 3.28. The van der Waals surface area contributed by atoms with Crippen molar-refractivity contribution < 1.29 is 0 Å². The highest BCUT2D eigenvalue weighted by Gasteiger charge is 2.14. The zero-order valence-electron chi connectivity index (χ0n) is 10.5. The number of nitrogens with zero attached hydrogens (tertiary/aromatic N) is 1. The highest BCUT2D eigenvalue weighted by atomic mass is 35.5. The highest BCUT2D eigenvalue weighted by molar-refractivity contribution is 6.42. The van der Waals surface area contributed by atoms with Gasteiger partial charge in [0, 0.05) is 23.6 Å². The van der Waals surface area contributed by atoms with Gasteiger partial charge in [-0.3, -0.25) is 0 Å². The second kappa shape index (κ2) is 4.91. The third-order valence-corrected chi connectivity index (χ3v) is 4.04. The van der Waals surface area contributed by atoms with Crippen LogP contribution in [0.3, 0.4) is 0 Å². The van der Waals surface area contributed by atoms with Gasteiger partial charge in [-0.2, -0.15) is 0 Å². The molecular formula is C14H17Cl2N. The Labute approximate surface area is 112 Å². The van der Waals surface area contributed by atoms with Gasteiger partial charge in [0.25, 0.3) is 0 Å². The molecule has 0 aliphatic heterocycles. The van der Waals surface area contributed by atoms with Gasteiger partial charge in [-0.05, 0) is 30.5 Å². The SMILES string of the molecule is CCCc1c(CC)c2cc(Cl)c(Cl)cc2n1C. The number of aromatic nitrogens is 1. The summed E-state index contributed by atoms with van der Waals surface area (Å²) in [4.78, 5) is 0. The van der Waals surface area contributed by atoms with Crippen molar-refractivity contribution in [3.8, 4) is 0 Å². The molecule has 0 unspecified atom stereocenters. The lowest BCUT2D eigenvalue weighted by molar-refractivity contribution is 0.790.